The summed E-state index contributed by atoms with van der Waals surface area (Å²) in [6.07, 6.45) is -0.392. The van der Waals surface area contributed by atoms with Crippen LogP contribution in [0.15, 0.2) is 42.5 Å². The summed E-state index contributed by atoms with van der Waals surface area (Å²) in [7, 11) is -3.04. The highest BCUT2D eigenvalue weighted by Crippen LogP contribution is 2.46. The molecule has 0 heterocycles. The van der Waals surface area contributed by atoms with E-state index in [1.165, 1.54) is 0 Å². The Hall–Kier alpha value is -1.70. The predicted molar refractivity (Wildman–Crippen MR) is 99.8 cm³/mol. The number of Topliss-reactive ketones (excluding diaryl/α,β-unsaturated/α-hetero) is 1. The molecule has 0 bridgehead atoms. The maximum Gasteiger partial charge on any atom is 0.232 e. The minimum Gasteiger partial charge on any atom is -0.314 e. The zero-order valence-corrected chi connectivity index (χ0v) is 15.9. The minimum atomic E-state index is -3.04. The summed E-state index contributed by atoms with van der Waals surface area (Å²) in [4.78, 5) is 12.9. The van der Waals surface area contributed by atoms with Crippen LogP contribution in [0.1, 0.15) is 40.9 Å². The SMILES string of the molecule is CCP(=O)(OC(C)C(=O)c1c(C)cc(C)cc1C)c1ccccc1. The van der Waals surface area contributed by atoms with Gasteiger partial charge in [0.1, 0.15) is 6.10 Å². The number of hydrogen-bond donors (Lipinski definition) is 0. The van der Waals surface area contributed by atoms with Crippen molar-refractivity contribution in [2.45, 2.75) is 40.7 Å². The average molecular weight is 344 g/mol. The van der Waals surface area contributed by atoms with Crippen LogP contribution in [-0.4, -0.2) is 18.0 Å². The molecule has 2 rings (SSSR count). The second-order valence-corrected chi connectivity index (χ2v) is 8.92. The fourth-order valence-electron chi connectivity index (χ4n) is 3.05. The number of hydrogen-bond acceptors (Lipinski definition) is 3. The predicted octanol–water partition coefficient (Wildman–Crippen LogP) is 4.82. The van der Waals surface area contributed by atoms with E-state index in [2.05, 4.69) is 0 Å². The third kappa shape index (κ3) is 3.85. The van der Waals surface area contributed by atoms with E-state index in [4.69, 9.17) is 4.52 Å². The molecule has 0 spiro atoms. The summed E-state index contributed by atoms with van der Waals surface area (Å²) in [6.45, 7) is 9.38. The number of carbonyl (C=O) groups excluding carboxylic acids is 1. The van der Waals surface area contributed by atoms with Crippen molar-refractivity contribution in [2.24, 2.45) is 0 Å². The molecule has 2 atom stereocenters. The number of benzene rings is 2. The molecule has 128 valence electrons. The van der Waals surface area contributed by atoms with Crippen LogP contribution in [0, 0.1) is 20.8 Å². The van der Waals surface area contributed by atoms with Crippen molar-refractivity contribution in [3.05, 3.63) is 64.7 Å². The van der Waals surface area contributed by atoms with Crippen molar-refractivity contribution < 1.29 is 13.9 Å². The van der Waals surface area contributed by atoms with Crippen molar-refractivity contribution >= 4 is 18.5 Å². The standard InChI is InChI=1S/C20H25O3P/c1-6-24(22,18-10-8-7-9-11-18)23-17(5)20(21)19-15(3)12-14(2)13-16(19)4/h7-13,17H,6H2,1-5H3. The monoisotopic (exact) mass is 344 g/mol. The second-order valence-electron chi connectivity index (χ2n) is 6.21. The quantitative estimate of drug-likeness (QED) is 0.557. The zero-order chi connectivity index (χ0) is 17.9. The second kappa shape index (κ2) is 7.46. The lowest BCUT2D eigenvalue weighted by atomic mass is 9.95. The van der Waals surface area contributed by atoms with Crippen LogP contribution < -0.4 is 5.30 Å². The summed E-state index contributed by atoms with van der Waals surface area (Å²) >= 11 is 0. The van der Waals surface area contributed by atoms with E-state index < -0.39 is 13.5 Å². The van der Waals surface area contributed by atoms with E-state index in [9.17, 15) is 9.36 Å². The molecule has 2 aromatic rings. The van der Waals surface area contributed by atoms with Crippen molar-refractivity contribution in [1.29, 1.82) is 0 Å². The first kappa shape index (κ1) is 18.6. The van der Waals surface area contributed by atoms with Crippen LogP contribution in [-0.2, 0) is 9.09 Å². The smallest absolute Gasteiger partial charge is 0.232 e. The van der Waals surface area contributed by atoms with E-state index in [1.54, 1.807) is 19.1 Å². The van der Waals surface area contributed by atoms with Gasteiger partial charge in [-0.25, -0.2) is 0 Å². The van der Waals surface area contributed by atoms with Gasteiger partial charge in [0.25, 0.3) is 0 Å². The maximum atomic E-state index is 13.2. The number of rotatable bonds is 6. The van der Waals surface area contributed by atoms with E-state index in [0.717, 1.165) is 16.7 Å². The van der Waals surface area contributed by atoms with E-state index in [-0.39, 0.29) is 5.78 Å². The van der Waals surface area contributed by atoms with Crippen LogP contribution in [0.4, 0.5) is 0 Å². The number of ketones is 1. The highest BCUT2D eigenvalue weighted by atomic mass is 31.2. The van der Waals surface area contributed by atoms with Gasteiger partial charge in [-0.2, -0.15) is 0 Å². The minimum absolute atomic E-state index is 0.116. The zero-order valence-electron chi connectivity index (χ0n) is 15.0. The molecule has 3 nitrogen and oxygen atoms in total. The van der Waals surface area contributed by atoms with Crippen LogP contribution in [0.25, 0.3) is 0 Å². The molecule has 0 radical (unpaired) electrons. The van der Waals surface area contributed by atoms with Gasteiger partial charge in [-0.3, -0.25) is 9.36 Å². The van der Waals surface area contributed by atoms with Gasteiger partial charge < -0.3 is 4.52 Å². The van der Waals surface area contributed by atoms with Crippen molar-refractivity contribution in [3.8, 4) is 0 Å². The van der Waals surface area contributed by atoms with Gasteiger partial charge in [0.15, 0.2) is 5.78 Å². The molecule has 0 fully saturated rings. The Kier molecular flexibility index (Phi) is 5.79. The molecule has 0 N–H and O–H groups in total. The van der Waals surface area contributed by atoms with Gasteiger partial charge in [-0.1, -0.05) is 42.8 Å². The van der Waals surface area contributed by atoms with Crippen molar-refractivity contribution in [1.82, 2.24) is 0 Å². The molecule has 0 amide bonds. The summed E-state index contributed by atoms with van der Waals surface area (Å²) in [5.74, 6) is -0.116. The molecule has 2 unspecified atom stereocenters. The third-order valence-electron chi connectivity index (χ3n) is 4.19. The van der Waals surface area contributed by atoms with Gasteiger partial charge in [0, 0.05) is 17.0 Å². The summed E-state index contributed by atoms with van der Waals surface area (Å²) in [6, 6.07) is 13.1. The highest BCUT2D eigenvalue weighted by molar-refractivity contribution is 7.67. The number of carbonyl (C=O) groups is 1. The van der Waals surface area contributed by atoms with Crippen molar-refractivity contribution in [3.63, 3.8) is 0 Å². The van der Waals surface area contributed by atoms with Crippen molar-refractivity contribution in [2.75, 3.05) is 6.16 Å². The lowest BCUT2D eigenvalue weighted by Gasteiger charge is -2.22. The van der Waals surface area contributed by atoms with Gasteiger partial charge in [0.05, 0.1) is 0 Å². The molecule has 0 saturated carbocycles. The third-order valence-corrected chi connectivity index (χ3v) is 6.76. The fourth-order valence-corrected chi connectivity index (χ4v) is 4.92. The van der Waals surface area contributed by atoms with Gasteiger partial charge in [0.2, 0.25) is 7.37 Å². The summed E-state index contributed by atoms with van der Waals surface area (Å²) in [5, 5.41) is 0.657. The van der Waals surface area contributed by atoms with Crippen LogP contribution in [0.2, 0.25) is 0 Å². The summed E-state index contributed by atoms with van der Waals surface area (Å²) < 4.78 is 19.0. The molecule has 4 heteroatoms. The van der Waals surface area contributed by atoms with E-state index in [0.29, 0.717) is 17.0 Å². The average Bonchev–Trinajstić information content (AvgIpc) is 2.54. The maximum absolute atomic E-state index is 13.2. The Morgan fingerprint density at radius 1 is 1.08 bits per heavy atom. The molecule has 2 aromatic carbocycles. The highest BCUT2D eigenvalue weighted by Gasteiger charge is 2.30. The lowest BCUT2D eigenvalue weighted by Crippen LogP contribution is -2.24. The molecule has 0 aliphatic heterocycles. The first-order valence-electron chi connectivity index (χ1n) is 8.23. The fraction of sp³-hybridized carbons (Fsp3) is 0.350. The van der Waals surface area contributed by atoms with Crippen LogP contribution >= 0.6 is 7.37 Å². The molecule has 0 aliphatic rings. The Morgan fingerprint density at radius 2 is 1.62 bits per heavy atom. The molecule has 0 aliphatic carbocycles. The van der Waals surface area contributed by atoms with Crippen LogP contribution in [0.5, 0.6) is 0 Å². The van der Waals surface area contributed by atoms with E-state index >= 15 is 0 Å². The summed E-state index contributed by atoms with van der Waals surface area (Å²) in [5.41, 5.74) is 3.65. The van der Waals surface area contributed by atoms with Gasteiger partial charge >= 0.3 is 0 Å². The van der Waals surface area contributed by atoms with E-state index in [1.807, 2.05) is 58.0 Å². The Labute approximate surface area is 144 Å². The topological polar surface area (TPSA) is 43.4 Å². The number of aryl methyl sites for hydroxylation is 3. The Morgan fingerprint density at radius 3 is 2.12 bits per heavy atom. The van der Waals surface area contributed by atoms with Gasteiger partial charge in [-0.05, 0) is 51.0 Å². The molecule has 0 saturated heterocycles. The largest absolute Gasteiger partial charge is 0.314 e. The Bertz CT molecular complexity index is 758. The first-order valence-corrected chi connectivity index (χ1v) is 10.0. The molecular formula is C20H25O3P. The lowest BCUT2D eigenvalue weighted by molar-refractivity contribution is 0.0823. The molecule has 24 heavy (non-hydrogen) atoms. The normalized spacial score (nSPS) is 14.9. The molecular weight excluding hydrogens is 319 g/mol. The molecule has 0 aromatic heterocycles. The van der Waals surface area contributed by atoms with Gasteiger partial charge in [-0.15, -0.1) is 0 Å². The Balaban J connectivity index is 2.30. The van der Waals surface area contributed by atoms with Crippen LogP contribution in [0.3, 0.4) is 0 Å². The first-order chi connectivity index (χ1) is 11.3.